The number of hydrogen-bond acceptors (Lipinski definition) is 4. The van der Waals surface area contributed by atoms with E-state index in [1.165, 1.54) is 32.1 Å². The van der Waals surface area contributed by atoms with Gasteiger partial charge in [0.15, 0.2) is 0 Å². The van der Waals surface area contributed by atoms with E-state index in [0.29, 0.717) is 22.3 Å². The van der Waals surface area contributed by atoms with Crippen molar-refractivity contribution in [2.75, 3.05) is 31.1 Å². The minimum atomic E-state index is -0.368. The minimum Gasteiger partial charge on any atom is -0.365 e. The highest BCUT2D eigenvalue weighted by Crippen LogP contribution is 2.30. The van der Waals surface area contributed by atoms with Crippen LogP contribution >= 0.6 is 11.6 Å². The van der Waals surface area contributed by atoms with Crippen LogP contribution in [0.25, 0.3) is 11.1 Å². The van der Waals surface area contributed by atoms with E-state index in [4.69, 9.17) is 11.6 Å². The SMILES string of the molecule is O=c1c(-c2ccc(Cl)cc2)c(N2CCN(C3CCCCC3)CC2)c1=O. The highest BCUT2D eigenvalue weighted by Gasteiger charge is 2.31. The highest BCUT2D eigenvalue weighted by molar-refractivity contribution is 6.30. The molecule has 0 bridgehead atoms. The van der Waals surface area contributed by atoms with Gasteiger partial charge >= 0.3 is 0 Å². The van der Waals surface area contributed by atoms with Crippen molar-refractivity contribution in [3.8, 4) is 11.1 Å². The predicted octanol–water partition coefficient (Wildman–Crippen LogP) is 3.06. The third-order valence-corrected chi connectivity index (χ3v) is 5.99. The second-order valence-corrected chi connectivity index (χ2v) is 7.64. The van der Waals surface area contributed by atoms with Crippen LogP contribution in [0.5, 0.6) is 0 Å². The van der Waals surface area contributed by atoms with Crippen LogP contribution in [0.1, 0.15) is 32.1 Å². The smallest absolute Gasteiger partial charge is 0.250 e. The monoisotopic (exact) mass is 358 g/mol. The maximum absolute atomic E-state index is 12.2. The number of nitrogens with zero attached hydrogens (tertiary/aromatic N) is 2. The lowest BCUT2D eigenvalue weighted by atomic mass is 9.93. The molecule has 2 fully saturated rings. The topological polar surface area (TPSA) is 40.6 Å². The van der Waals surface area contributed by atoms with Gasteiger partial charge in [-0.05, 0) is 30.5 Å². The molecule has 2 aromatic carbocycles. The molecule has 4 nitrogen and oxygen atoms in total. The van der Waals surface area contributed by atoms with Crippen molar-refractivity contribution < 1.29 is 0 Å². The van der Waals surface area contributed by atoms with Crippen LogP contribution in [-0.4, -0.2) is 37.1 Å². The Hall–Kier alpha value is -1.65. The largest absolute Gasteiger partial charge is 0.365 e. The molecular weight excluding hydrogens is 336 g/mol. The number of hydrogen-bond donors (Lipinski definition) is 0. The van der Waals surface area contributed by atoms with E-state index in [2.05, 4.69) is 9.80 Å². The van der Waals surface area contributed by atoms with Crippen molar-refractivity contribution in [3.63, 3.8) is 0 Å². The van der Waals surface area contributed by atoms with E-state index >= 15 is 0 Å². The molecule has 5 heteroatoms. The van der Waals surface area contributed by atoms with Crippen LogP contribution in [0.2, 0.25) is 5.02 Å². The first kappa shape index (κ1) is 16.8. The Morgan fingerprint density at radius 2 is 1.48 bits per heavy atom. The Balaban J connectivity index is 1.50. The van der Waals surface area contributed by atoms with Gasteiger partial charge in [-0.2, -0.15) is 0 Å². The lowest BCUT2D eigenvalue weighted by molar-refractivity contribution is 0.148. The fourth-order valence-corrected chi connectivity index (χ4v) is 4.45. The van der Waals surface area contributed by atoms with Gasteiger partial charge in [-0.3, -0.25) is 14.5 Å². The van der Waals surface area contributed by atoms with Gasteiger partial charge in [0.1, 0.15) is 5.69 Å². The Morgan fingerprint density at radius 1 is 0.840 bits per heavy atom. The summed E-state index contributed by atoms with van der Waals surface area (Å²) in [6.45, 7) is 3.59. The van der Waals surface area contributed by atoms with Gasteiger partial charge in [0, 0.05) is 37.2 Å². The fourth-order valence-electron chi connectivity index (χ4n) is 4.32. The number of benzene rings is 1. The number of anilines is 1. The normalized spacial score (nSPS) is 20.3. The highest BCUT2D eigenvalue weighted by atomic mass is 35.5. The zero-order valence-electron chi connectivity index (χ0n) is 14.3. The average Bonchev–Trinajstić information content (AvgIpc) is 2.67. The van der Waals surface area contributed by atoms with Crippen LogP contribution < -0.4 is 15.8 Å². The number of rotatable bonds is 3. The zero-order valence-corrected chi connectivity index (χ0v) is 15.1. The molecule has 1 heterocycles. The Morgan fingerprint density at radius 3 is 2.12 bits per heavy atom. The van der Waals surface area contributed by atoms with Crippen molar-refractivity contribution in [3.05, 3.63) is 49.7 Å². The van der Waals surface area contributed by atoms with Gasteiger partial charge in [0.2, 0.25) is 10.9 Å². The molecule has 1 aliphatic heterocycles. The number of halogens is 1. The Kier molecular flexibility index (Phi) is 4.65. The lowest BCUT2D eigenvalue weighted by Crippen LogP contribution is -2.54. The van der Waals surface area contributed by atoms with Crippen LogP contribution in [-0.2, 0) is 0 Å². The summed E-state index contributed by atoms with van der Waals surface area (Å²) < 4.78 is 0. The molecule has 2 aromatic rings. The molecule has 2 aliphatic rings. The van der Waals surface area contributed by atoms with E-state index in [-0.39, 0.29) is 10.9 Å². The van der Waals surface area contributed by atoms with Gasteiger partial charge < -0.3 is 4.90 Å². The fraction of sp³-hybridized carbons (Fsp3) is 0.500. The quantitative estimate of drug-likeness (QED) is 0.791. The van der Waals surface area contributed by atoms with Crippen molar-refractivity contribution in [1.29, 1.82) is 0 Å². The minimum absolute atomic E-state index is 0.337. The summed E-state index contributed by atoms with van der Waals surface area (Å²) in [6.07, 6.45) is 6.64. The second kappa shape index (κ2) is 6.93. The Bertz CT molecular complexity index is 809. The zero-order chi connectivity index (χ0) is 17.4. The predicted molar refractivity (Wildman–Crippen MR) is 102 cm³/mol. The van der Waals surface area contributed by atoms with Gasteiger partial charge in [0.25, 0.3) is 0 Å². The summed E-state index contributed by atoms with van der Waals surface area (Å²) in [5.41, 5.74) is 1.25. The van der Waals surface area contributed by atoms with Crippen LogP contribution in [0, 0.1) is 0 Å². The number of piperazine rings is 1. The van der Waals surface area contributed by atoms with Crippen molar-refractivity contribution in [1.82, 2.24) is 4.90 Å². The van der Waals surface area contributed by atoms with Crippen molar-refractivity contribution >= 4 is 17.3 Å². The van der Waals surface area contributed by atoms with Crippen LogP contribution in [0.3, 0.4) is 0 Å². The standard InChI is InChI=1S/C20H23ClN2O2/c21-15-8-6-14(7-9-15)17-18(20(25)19(17)24)23-12-10-22(11-13-23)16-4-2-1-3-5-16/h6-9,16H,1-5,10-13H2. The molecule has 0 spiro atoms. The first-order valence-electron chi connectivity index (χ1n) is 9.23. The molecule has 4 rings (SSSR count). The molecule has 25 heavy (non-hydrogen) atoms. The first-order chi connectivity index (χ1) is 12.1. The average molecular weight is 359 g/mol. The van der Waals surface area contributed by atoms with Crippen LogP contribution in [0.4, 0.5) is 5.69 Å². The molecule has 0 atom stereocenters. The van der Waals surface area contributed by atoms with Crippen molar-refractivity contribution in [2.24, 2.45) is 0 Å². The molecule has 1 aliphatic carbocycles. The van der Waals surface area contributed by atoms with Gasteiger partial charge in [-0.1, -0.05) is 43.0 Å². The van der Waals surface area contributed by atoms with E-state index in [0.717, 1.165) is 31.7 Å². The van der Waals surface area contributed by atoms with E-state index in [9.17, 15) is 9.59 Å². The molecule has 0 aromatic heterocycles. The summed E-state index contributed by atoms with van der Waals surface area (Å²) in [4.78, 5) is 29.0. The van der Waals surface area contributed by atoms with E-state index in [1.54, 1.807) is 12.1 Å². The van der Waals surface area contributed by atoms with Gasteiger partial charge in [0.05, 0.1) is 5.56 Å². The first-order valence-corrected chi connectivity index (χ1v) is 9.61. The molecule has 0 radical (unpaired) electrons. The van der Waals surface area contributed by atoms with Gasteiger partial charge in [-0.15, -0.1) is 0 Å². The molecule has 0 N–H and O–H groups in total. The summed E-state index contributed by atoms with van der Waals surface area (Å²) in [7, 11) is 0. The van der Waals surface area contributed by atoms with Crippen molar-refractivity contribution in [2.45, 2.75) is 38.1 Å². The Labute approximate surface area is 152 Å². The third-order valence-electron chi connectivity index (χ3n) is 5.74. The molecular formula is C20H23ClN2O2. The summed E-state index contributed by atoms with van der Waals surface area (Å²) in [5, 5.41) is 0.630. The lowest BCUT2D eigenvalue weighted by Gasteiger charge is -2.42. The van der Waals surface area contributed by atoms with E-state index in [1.807, 2.05) is 12.1 Å². The third kappa shape index (κ3) is 3.13. The molecule has 132 valence electrons. The molecule has 0 amide bonds. The van der Waals surface area contributed by atoms with Crippen LogP contribution in [0.15, 0.2) is 33.9 Å². The summed E-state index contributed by atoms with van der Waals surface area (Å²) in [5.74, 6) is 0. The molecule has 1 saturated carbocycles. The summed E-state index contributed by atoms with van der Waals surface area (Å²) in [6, 6.07) is 7.87. The van der Waals surface area contributed by atoms with E-state index < -0.39 is 0 Å². The maximum atomic E-state index is 12.2. The molecule has 1 saturated heterocycles. The summed E-state index contributed by atoms with van der Waals surface area (Å²) >= 11 is 5.93. The van der Waals surface area contributed by atoms with Gasteiger partial charge in [-0.25, -0.2) is 0 Å². The second-order valence-electron chi connectivity index (χ2n) is 7.20. The maximum Gasteiger partial charge on any atom is 0.250 e. The molecule has 0 unspecified atom stereocenters.